The summed E-state index contributed by atoms with van der Waals surface area (Å²) < 4.78 is 22.5. The summed E-state index contributed by atoms with van der Waals surface area (Å²) in [6.45, 7) is 0. The minimum Gasteiger partial charge on any atom is -0.312 e. The van der Waals surface area contributed by atoms with Crippen LogP contribution in [0.3, 0.4) is 0 Å². The highest BCUT2D eigenvalue weighted by molar-refractivity contribution is 9.08. The molecule has 0 aliphatic carbocycles. The van der Waals surface area contributed by atoms with Crippen LogP contribution in [0, 0.1) is 0 Å². The van der Waals surface area contributed by atoms with Crippen LogP contribution >= 0.6 is 23.5 Å². The molecule has 0 radical (unpaired) electrons. The van der Waals surface area contributed by atoms with Crippen molar-refractivity contribution in [2.75, 3.05) is 14.2 Å². The van der Waals surface area contributed by atoms with E-state index in [4.69, 9.17) is 9.05 Å². The fraction of sp³-hybridized carbons (Fsp3) is 0.250. The van der Waals surface area contributed by atoms with Crippen LogP contribution in [0.5, 0.6) is 0 Å². The van der Waals surface area contributed by atoms with Crippen molar-refractivity contribution in [2.24, 2.45) is 0 Å². The molecule has 0 spiro atoms. The Labute approximate surface area is 142 Å². The van der Waals surface area contributed by atoms with Gasteiger partial charge in [-0.05, 0) is 22.9 Å². The van der Waals surface area contributed by atoms with Gasteiger partial charge in [-0.25, -0.2) is 9.97 Å². The van der Waals surface area contributed by atoms with Crippen LogP contribution in [-0.4, -0.2) is 24.2 Å². The number of aromatic nitrogens is 2. The van der Waals surface area contributed by atoms with Gasteiger partial charge in [-0.2, -0.15) is 0 Å². The van der Waals surface area contributed by atoms with Crippen molar-refractivity contribution in [2.45, 2.75) is 11.5 Å². The van der Waals surface area contributed by atoms with Gasteiger partial charge in [0, 0.05) is 19.5 Å². The van der Waals surface area contributed by atoms with E-state index in [9.17, 15) is 4.57 Å². The fourth-order valence-corrected chi connectivity index (χ4v) is 3.91. The van der Waals surface area contributed by atoms with Gasteiger partial charge in [0.15, 0.2) is 0 Å². The van der Waals surface area contributed by atoms with Crippen molar-refractivity contribution in [3.05, 3.63) is 47.8 Å². The van der Waals surface area contributed by atoms with E-state index >= 15 is 0 Å². The molecule has 120 valence electrons. The topological polar surface area (TPSA) is 61.3 Å². The third-order valence-corrected chi connectivity index (χ3v) is 6.04. The van der Waals surface area contributed by atoms with Crippen LogP contribution in [0.25, 0.3) is 21.8 Å². The smallest absolute Gasteiger partial charge is 0.312 e. The molecule has 7 heteroatoms. The van der Waals surface area contributed by atoms with Gasteiger partial charge in [0.2, 0.25) is 0 Å². The maximum absolute atomic E-state index is 12.4. The zero-order chi connectivity index (χ0) is 16.4. The van der Waals surface area contributed by atoms with Crippen LogP contribution in [-0.2, 0) is 25.1 Å². The predicted octanol–water partition coefficient (Wildman–Crippen LogP) is 4.66. The summed E-state index contributed by atoms with van der Waals surface area (Å²) >= 11 is 3.42. The number of rotatable bonds is 5. The first-order valence-electron chi connectivity index (χ1n) is 7.03. The number of hydrogen-bond donors (Lipinski definition) is 0. The van der Waals surface area contributed by atoms with E-state index in [2.05, 4.69) is 25.9 Å². The van der Waals surface area contributed by atoms with Crippen molar-refractivity contribution >= 4 is 45.3 Å². The minimum absolute atomic E-state index is 0.0939. The lowest BCUT2D eigenvalue weighted by molar-refractivity contribution is 0.274. The molecule has 0 unspecified atom stereocenters. The standard InChI is InChI=1S/C16H16BrN2O3P/c1-21-23(20,22-2)10-16-15(9-17)18-13-7-11-5-3-4-6-12(11)8-14(13)19-16/h3-8H,9-10H2,1-2H3. The molecule has 0 atom stereocenters. The number of fused-ring (bicyclic) bond motifs is 2. The van der Waals surface area contributed by atoms with Gasteiger partial charge in [-0.3, -0.25) is 4.57 Å². The Morgan fingerprint density at radius 2 is 1.52 bits per heavy atom. The molecule has 5 nitrogen and oxygen atoms in total. The second-order valence-corrected chi connectivity index (χ2v) is 7.90. The van der Waals surface area contributed by atoms with Gasteiger partial charge in [0.1, 0.15) is 0 Å². The molecular formula is C16H16BrN2O3P. The van der Waals surface area contributed by atoms with Gasteiger partial charge < -0.3 is 9.05 Å². The monoisotopic (exact) mass is 394 g/mol. The molecule has 0 amide bonds. The molecule has 0 fully saturated rings. The number of benzene rings is 2. The van der Waals surface area contributed by atoms with Crippen molar-refractivity contribution in [3.63, 3.8) is 0 Å². The Bertz CT molecular complexity index is 908. The first kappa shape index (κ1) is 16.5. The first-order chi connectivity index (χ1) is 11.1. The molecule has 0 aliphatic rings. The van der Waals surface area contributed by atoms with Gasteiger partial charge in [0.05, 0.1) is 28.6 Å². The van der Waals surface area contributed by atoms with E-state index in [1.165, 1.54) is 14.2 Å². The highest BCUT2D eigenvalue weighted by Gasteiger charge is 2.25. The van der Waals surface area contributed by atoms with E-state index < -0.39 is 7.60 Å². The van der Waals surface area contributed by atoms with Crippen molar-refractivity contribution in [3.8, 4) is 0 Å². The summed E-state index contributed by atoms with van der Waals surface area (Å²) in [4.78, 5) is 9.31. The van der Waals surface area contributed by atoms with Crippen molar-refractivity contribution in [1.29, 1.82) is 0 Å². The maximum atomic E-state index is 12.4. The summed E-state index contributed by atoms with van der Waals surface area (Å²) in [6.07, 6.45) is 0.0939. The SMILES string of the molecule is COP(=O)(Cc1nc2cc3ccccc3cc2nc1CBr)OC. The van der Waals surface area contributed by atoms with E-state index in [1.54, 1.807) is 0 Å². The summed E-state index contributed by atoms with van der Waals surface area (Å²) in [6, 6.07) is 12.1. The van der Waals surface area contributed by atoms with Crippen LogP contribution in [0.4, 0.5) is 0 Å². The lowest BCUT2D eigenvalue weighted by atomic mass is 10.1. The highest BCUT2D eigenvalue weighted by atomic mass is 79.9. The van der Waals surface area contributed by atoms with E-state index in [0.29, 0.717) is 11.0 Å². The lowest BCUT2D eigenvalue weighted by Crippen LogP contribution is -2.03. The maximum Gasteiger partial charge on any atom is 0.336 e. The zero-order valence-electron chi connectivity index (χ0n) is 12.8. The Morgan fingerprint density at radius 1 is 1.00 bits per heavy atom. The molecule has 23 heavy (non-hydrogen) atoms. The summed E-state index contributed by atoms with van der Waals surface area (Å²) in [7, 11) is -0.442. The Balaban J connectivity index is 2.17. The average molecular weight is 395 g/mol. The Morgan fingerprint density at radius 3 is 2.00 bits per heavy atom. The van der Waals surface area contributed by atoms with Gasteiger partial charge >= 0.3 is 7.60 Å². The molecule has 3 aromatic rings. The lowest BCUT2D eigenvalue weighted by Gasteiger charge is -2.15. The molecule has 1 aromatic heterocycles. The van der Waals surface area contributed by atoms with E-state index in [-0.39, 0.29) is 6.16 Å². The van der Waals surface area contributed by atoms with Crippen LogP contribution < -0.4 is 0 Å². The largest absolute Gasteiger partial charge is 0.336 e. The molecule has 0 saturated heterocycles. The summed E-state index contributed by atoms with van der Waals surface area (Å²) in [5.74, 6) is 0. The molecule has 3 rings (SSSR count). The first-order valence-corrected chi connectivity index (χ1v) is 9.88. The van der Waals surface area contributed by atoms with E-state index in [0.717, 1.165) is 27.5 Å². The number of alkyl halides is 1. The van der Waals surface area contributed by atoms with E-state index in [1.807, 2.05) is 36.4 Å². The summed E-state index contributed by atoms with van der Waals surface area (Å²) in [5, 5.41) is 2.72. The molecule has 2 aromatic carbocycles. The zero-order valence-corrected chi connectivity index (χ0v) is 15.3. The molecule has 0 bridgehead atoms. The fourth-order valence-electron chi connectivity index (χ4n) is 2.44. The second kappa shape index (κ2) is 6.65. The van der Waals surface area contributed by atoms with Crippen molar-refractivity contribution in [1.82, 2.24) is 9.97 Å². The van der Waals surface area contributed by atoms with Gasteiger partial charge in [-0.15, -0.1) is 0 Å². The van der Waals surface area contributed by atoms with Gasteiger partial charge in [0.25, 0.3) is 0 Å². The Hall–Kier alpha value is -1.33. The minimum atomic E-state index is -3.19. The van der Waals surface area contributed by atoms with Gasteiger partial charge in [-0.1, -0.05) is 40.2 Å². The number of halogens is 1. The normalized spacial score (nSPS) is 12.1. The van der Waals surface area contributed by atoms with Crippen LogP contribution in [0.15, 0.2) is 36.4 Å². The molecule has 0 saturated carbocycles. The summed E-state index contributed by atoms with van der Waals surface area (Å²) in [5.41, 5.74) is 2.94. The van der Waals surface area contributed by atoms with Crippen LogP contribution in [0.2, 0.25) is 0 Å². The Kier molecular flexibility index (Phi) is 4.78. The van der Waals surface area contributed by atoms with Crippen LogP contribution in [0.1, 0.15) is 11.4 Å². The molecule has 0 aliphatic heterocycles. The third kappa shape index (κ3) is 3.31. The van der Waals surface area contributed by atoms with Crippen molar-refractivity contribution < 1.29 is 13.6 Å². The molecule has 0 N–H and O–H groups in total. The third-order valence-electron chi connectivity index (χ3n) is 3.71. The number of nitrogens with zero attached hydrogens (tertiary/aromatic N) is 2. The quantitative estimate of drug-likeness (QED) is 0.357. The second-order valence-electron chi connectivity index (χ2n) is 5.07. The molecule has 1 heterocycles. The predicted molar refractivity (Wildman–Crippen MR) is 95.0 cm³/mol. The highest BCUT2D eigenvalue weighted by Crippen LogP contribution is 2.50. The number of hydrogen-bond acceptors (Lipinski definition) is 5. The average Bonchev–Trinajstić information content (AvgIpc) is 2.59. The molecular weight excluding hydrogens is 379 g/mol.